The number of hydrogen-bond donors (Lipinski definition) is 0. The third-order valence-corrected chi connectivity index (χ3v) is 5.03. The van der Waals surface area contributed by atoms with Gasteiger partial charge < -0.3 is 18.9 Å². The van der Waals surface area contributed by atoms with Crippen LogP contribution in [0, 0.1) is 5.92 Å². The lowest BCUT2D eigenvalue weighted by molar-refractivity contribution is -0.138. The first-order valence-electron chi connectivity index (χ1n) is 10.9. The number of nitrogens with zero attached hydrogens (tertiary/aromatic N) is 1. The summed E-state index contributed by atoms with van der Waals surface area (Å²) in [6.07, 6.45) is 1.88. The van der Waals surface area contributed by atoms with Crippen LogP contribution in [0.25, 0.3) is 6.08 Å². The number of halogens is 4. The van der Waals surface area contributed by atoms with E-state index in [1.807, 2.05) is 0 Å². The highest BCUT2D eigenvalue weighted by Crippen LogP contribution is 2.36. The predicted molar refractivity (Wildman–Crippen MR) is 120 cm³/mol. The molecule has 1 aliphatic rings. The van der Waals surface area contributed by atoms with E-state index in [2.05, 4.69) is 4.98 Å². The van der Waals surface area contributed by atoms with E-state index in [9.17, 15) is 18.0 Å². The predicted octanol–water partition coefficient (Wildman–Crippen LogP) is 6.32. The van der Waals surface area contributed by atoms with Gasteiger partial charge in [0, 0.05) is 43.5 Å². The summed E-state index contributed by atoms with van der Waals surface area (Å²) in [5.74, 6) is 0.587. The standard InChI is InChI=1S/C24H25ClF3NO5/c1-2-32-22(30)9-7-17-6-8-19(33-11-3-10-31-15-16-4-5-16)13-21(17)34-23-20(25)12-18(14-29-23)24(26,27)28/h6-9,12-14,16H,2-5,10-11,15H2,1H3/b9-7+. The summed E-state index contributed by atoms with van der Waals surface area (Å²) in [4.78, 5) is 15.4. The fourth-order valence-corrected chi connectivity index (χ4v) is 3.03. The Morgan fingerprint density at radius 3 is 2.71 bits per heavy atom. The van der Waals surface area contributed by atoms with Gasteiger partial charge in [-0.3, -0.25) is 0 Å². The average molecular weight is 500 g/mol. The summed E-state index contributed by atoms with van der Waals surface area (Å²) < 4.78 is 60.6. The highest BCUT2D eigenvalue weighted by molar-refractivity contribution is 6.31. The zero-order valence-electron chi connectivity index (χ0n) is 18.6. The second-order valence-corrected chi connectivity index (χ2v) is 8.02. The molecule has 0 atom stereocenters. The lowest BCUT2D eigenvalue weighted by Gasteiger charge is -2.13. The second kappa shape index (κ2) is 12.1. The van der Waals surface area contributed by atoms with Gasteiger partial charge in [0.05, 0.1) is 18.8 Å². The van der Waals surface area contributed by atoms with E-state index in [4.69, 9.17) is 30.5 Å². The van der Waals surface area contributed by atoms with Crippen LogP contribution in [-0.4, -0.2) is 37.4 Å². The van der Waals surface area contributed by atoms with E-state index in [-0.39, 0.29) is 23.3 Å². The minimum absolute atomic E-state index is 0.192. The molecule has 6 nitrogen and oxygen atoms in total. The number of ether oxygens (including phenoxy) is 4. The SMILES string of the molecule is CCOC(=O)/C=C/c1ccc(OCCCOCC2CC2)cc1Oc1ncc(C(F)(F)F)cc1Cl. The summed E-state index contributed by atoms with van der Waals surface area (Å²) in [5.41, 5.74) is -0.542. The molecule has 0 N–H and O–H groups in total. The number of carbonyl (C=O) groups is 1. The third-order valence-electron chi connectivity index (χ3n) is 4.76. The molecule has 34 heavy (non-hydrogen) atoms. The molecule has 184 valence electrons. The van der Waals surface area contributed by atoms with Gasteiger partial charge in [-0.2, -0.15) is 13.2 Å². The number of esters is 1. The van der Waals surface area contributed by atoms with Crippen molar-refractivity contribution in [3.63, 3.8) is 0 Å². The van der Waals surface area contributed by atoms with E-state index in [0.29, 0.717) is 43.1 Å². The maximum Gasteiger partial charge on any atom is 0.417 e. The van der Waals surface area contributed by atoms with Gasteiger partial charge in [0.2, 0.25) is 5.88 Å². The van der Waals surface area contributed by atoms with Crippen LogP contribution in [0.2, 0.25) is 5.02 Å². The molecule has 0 radical (unpaired) electrons. The molecular weight excluding hydrogens is 475 g/mol. The molecular formula is C24H25ClF3NO5. The first kappa shape index (κ1) is 25.8. The van der Waals surface area contributed by atoms with Crippen LogP contribution >= 0.6 is 11.6 Å². The molecule has 0 aliphatic heterocycles. The number of rotatable bonds is 12. The van der Waals surface area contributed by atoms with Gasteiger partial charge in [0.1, 0.15) is 16.5 Å². The van der Waals surface area contributed by atoms with E-state index in [1.165, 1.54) is 25.0 Å². The lowest BCUT2D eigenvalue weighted by Crippen LogP contribution is -2.06. The molecule has 2 aromatic rings. The molecule has 0 bridgehead atoms. The van der Waals surface area contributed by atoms with Crippen LogP contribution in [-0.2, 0) is 20.4 Å². The minimum atomic E-state index is -4.58. The maximum atomic E-state index is 12.9. The molecule has 1 heterocycles. The third kappa shape index (κ3) is 8.22. The van der Waals surface area contributed by atoms with Crippen molar-refractivity contribution < 1.29 is 36.9 Å². The summed E-state index contributed by atoms with van der Waals surface area (Å²) in [5, 5.41) is -0.311. The number of hydrogen-bond acceptors (Lipinski definition) is 6. The van der Waals surface area contributed by atoms with E-state index >= 15 is 0 Å². The van der Waals surface area contributed by atoms with Crippen molar-refractivity contribution >= 4 is 23.6 Å². The normalized spacial score (nSPS) is 13.8. The maximum absolute atomic E-state index is 12.9. The molecule has 0 unspecified atom stereocenters. The molecule has 3 rings (SSSR count). The first-order valence-corrected chi connectivity index (χ1v) is 11.2. The van der Waals surface area contributed by atoms with Gasteiger partial charge in [-0.15, -0.1) is 0 Å². The number of benzene rings is 1. The number of alkyl halides is 3. The van der Waals surface area contributed by atoms with E-state index in [0.717, 1.165) is 12.7 Å². The summed E-state index contributed by atoms with van der Waals surface area (Å²) >= 11 is 5.98. The van der Waals surface area contributed by atoms with Crippen LogP contribution in [0.3, 0.4) is 0 Å². The zero-order chi connectivity index (χ0) is 24.6. The van der Waals surface area contributed by atoms with Gasteiger partial charge in [0.15, 0.2) is 0 Å². The van der Waals surface area contributed by atoms with Crippen molar-refractivity contribution in [1.29, 1.82) is 0 Å². The highest BCUT2D eigenvalue weighted by Gasteiger charge is 2.32. The highest BCUT2D eigenvalue weighted by atomic mass is 35.5. The average Bonchev–Trinajstić information content (AvgIpc) is 3.61. The van der Waals surface area contributed by atoms with E-state index < -0.39 is 17.7 Å². The quantitative estimate of drug-likeness (QED) is 0.193. The van der Waals surface area contributed by atoms with Gasteiger partial charge in [-0.05, 0) is 50.0 Å². The largest absolute Gasteiger partial charge is 0.493 e. The van der Waals surface area contributed by atoms with Gasteiger partial charge in [-0.25, -0.2) is 9.78 Å². The second-order valence-electron chi connectivity index (χ2n) is 7.62. The van der Waals surface area contributed by atoms with Crippen molar-refractivity contribution in [3.05, 3.63) is 52.7 Å². The molecule has 1 aromatic heterocycles. The van der Waals surface area contributed by atoms with E-state index in [1.54, 1.807) is 25.1 Å². The van der Waals surface area contributed by atoms with Crippen LogP contribution in [0.5, 0.6) is 17.4 Å². The Morgan fingerprint density at radius 1 is 1.24 bits per heavy atom. The Kier molecular flexibility index (Phi) is 9.18. The monoisotopic (exact) mass is 499 g/mol. The topological polar surface area (TPSA) is 66.9 Å². The van der Waals surface area contributed by atoms with Gasteiger partial charge >= 0.3 is 12.1 Å². The van der Waals surface area contributed by atoms with Gasteiger partial charge in [-0.1, -0.05) is 11.6 Å². The van der Waals surface area contributed by atoms with Crippen LogP contribution < -0.4 is 9.47 Å². The first-order chi connectivity index (χ1) is 16.3. The Balaban J connectivity index is 1.72. The van der Waals surface area contributed by atoms with Gasteiger partial charge in [0.25, 0.3) is 0 Å². The fraction of sp³-hybridized carbons (Fsp3) is 0.417. The zero-order valence-corrected chi connectivity index (χ0v) is 19.3. The Labute approximate surface area is 200 Å². The van der Waals surface area contributed by atoms with Crippen molar-refractivity contribution in [2.75, 3.05) is 26.4 Å². The number of aromatic nitrogens is 1. The minimum Gasteiger partial charge on any atom is -0.493 e. The van der Waals surface area contributed by atoms with Crippen molar-refractivity contribution in [2.24, 2.45) is 5.92 Å². The van der Waals surface area contributed by atoms with Crippen LogP contribution in [0.4, 0.5) is 13.2 Å². The molecule has 1 aromatic carbocycles. The van der Waals surface area contributed by atoms with Crippen LogP contribution in [0.15, 0.2) is 36.5 Å². The summed E-state index contributed by atoms with van der Waals surface area (Å²) in [6.45, 7) is 3.67. The number of pyridine rings is 1. The molecule has 1 saturated carbocycles. The molecule has 0 amide bonds. The Hall–Kier alpha value is -2.78. The fourth-order valence-electron chi connectivity index (χ4n) is 2.82. The van der Waals surface area contributed by atoms with Crippen molar-refractivity contribution in [3.8, 4) is 17.4 Å². The van der Waals surface area contributed by atoms with Crippen molar-refractivity contribution in [2.45, 2.75) is 32.4 Å². The molecule has 0 saturated heterocycles. The molecule has 0 spiro atoms. The lowest BCUT2D eigenvalue weighted by atomic mass is 10.1. The summed E-state index contributed by atoms with van der Waals surface area (Å²) in [6, 6.07) is 5.61. The molecule has 1 fully saturated rings. The van der Waals surface area contributed by atoms with Crippen LogP contribution in [0.1, 0.15) is 37.3 Å². The summed E-state index contributed by atoms with van der Waals surface area (Å²) in [7, 11) is 0. The Morgan fingerprint density at radius 2 is 2.03 bits per heavy atom. The number of carbonyl (C=O) groups excluding carboxylic acids is 1. The Bertz CT molecular complexity index is 1010. The smallest absolute Gasteiger partial charge is 0.417 e. The molecule has 1 aliphatic carbocycles. The molecule has 10 heteroatoms. The van der Waals surface area contributed by atoms with Crippen molar-refractivity contribution in [1.82, 2.24) is 4.98 Å².